The summed E-state index contributed by atoms with van der Waals surface area (Å²) in [4.78, 5) is 9.01. The fourth-order valence-electron chi connectivity index (χ4n) is 4.11. The minimum atomic E-state index is -1.08. The highest BCUT2D eigenvalue weighted by Crippen LogP contribution is 2.39. The third-order valence-corrected chi connectivity index (χ3v) is 5.78. The molecule has 1 aliphatic heterocycles. The number of aliphatic hydroxyl groups is 2. The van der Waals surface area contributed by atoms with Crippen molar-refractivity contribution in [3.63, 3.8) is 0 Å². The molecule has 2 aromatic heterocycles. The van der Waals surface area contributed by atoms with Gasteiger partial charge in [0.1, 0.15) is 35.7 Å². The van der Waals surface area contributed by atoms with Crippen molar-refractivity contribution in [2.75, 3.05) is 12.4 Å². The van der Waals surface area contributed by atoms with Gasteiger partial charge in [-0.25, -0.2) is 9.97 Å². The summed E-state index contributed by atoms with van der Waals surface area (Å²) < 4.78 is 13.0. The molecule has 0 radical (unpaired) electrons. The molecule has 4 aromatic rings. The molecular formula is C24H24N4O4. The van der Waals surface area contributed by atoms with Crippen LogP contribution in [0.3, 0.4) is 0 Å². The number of anilines is 2. The summed E-state index contributed by atoms with van der Waals surface area (Å²) in [5.41, 5.74) is 3.27. The van der Waals surface area contributed by atoms with Crippen LogP contribution in [0, 0.1) is 0 Å². The van der Waals surface area contributed by atoms with Crippen molar-refractivity contribution >= 4 is 22.5 Å². The smallest absolute Gasteiger partial charge is 0.164 e. The Kier molecular flexibility index (Phi) is 5.26. The van der Waals surface area contributed by atoms with Gasteiger partial charge >= 0.3 is 0 Å². The molecule has 1 aliphatic rings. The molecule has 0 bridgehead atoms. The highest BCUT2D eigenvalue weighted by Gasteiger charge is 2.42. The van der Waals surface area contributed by atoms with E-state index in [1.807, 2.05) is 60.8 Å². The maximum atomic E-state index is 10.6. The number of methoxy groups -OCH3 is 1. The van der Waals surface area contributed by atoms with Gasteiger partial charge in [-0.1, -0.05) is 36.4 Å². The van der Waals surface area contributed by atoms with E-state index in [1.165, 1.54) is 6.33 Å². The lowest BCUT2D eigenvalue weighted by atomic mass is 10.1. The van der Waals surface area contributed by atoms with E-state index in [0.717, 1.165) is 28.0 Å². The van der Waals surface area contributed by atoms with Crippen LogP contribution in [0.1, 0.15) is 13.2 Å². The van der Waals surface area contributed by atoms with E-state index in [-0.39, 0.29) is 0 Å². The van der Waals surface area contributed by atoms with Crippen molar-refractivity contribution < 1.29 is 19.7 Å². The van der Waals surface area contributed by atoms with Crippen molar-refractivity contribution in [2.45, 2.75) is 31.5 Å². The summed E-state index contributed by atoms with van der Waals surface area (Å²) in [5, 5.41) is 25.0. The number of fused-ring (bicyclic) bond motifs is 1. The van der Waals surface area contributed by atoms with Gasteiger partial charge in [-0.2, -0.15) is 0 Å². The van der Waals surface area contributed by atoms with Crippen LogP contribution in [0.2, 0.25) is 0 Å². The van der Waals surface area contributed by atoms with Gasteiger partial charge in [-0.3, -0.25) is 0 Å². The number of rotatable bonds is 5. The minimum absolute atomic E-state index is 0.496. The standard InChI is InChI=1S/C24H24N4O4/c1-14-20(29)21(30)24(32-14)28-12-18(15-7-4-3-5-8-15)19-22(25-13-26-23(19)28)27-16-9-6-10-17(11-16)31-2/h3-14,20-21,24,29-30H,1-2H3,(H,25,26,27)/t14-,20-,21-,24-/m1/s1. The Balaban J connectivity index is 1.68. The third kappa shape index (κ3) is 3.48. The second-order valence-electron chi connectivity index (χ2n) is 7.81. The zero-order valence-corrected chi connectivity index (χ0v) is 17.7. The van der Waals surface area contributed by atoms with Gasteiger partial charge in [0.25, 0.3) is 0 Å². The highest BCUT2D eigenvalue weighted by atomic mass is 16.6. The van der Waals surface area contributed by atoms with Crippen LogP contribution in [0.5, 0.6) is 5.75 Å². The average Bonchev–Trinajstić information content (AvgIpc) is 3.33. The first-order valence-corrected chi connectivity index (χ1v) is 10.4. The Labute approximate surface area is 185 Å². The normalized spacial score (nSPS) is 22.9. The maximum absolute atomic E-state index is 10.6. The van der Waals surface area contributed by atoms with E-state index in [1.54, 1.807) is 18.6 Å². The van der Waals surface area contributed by atoms with Crippen LogP contribution in [-0.2, 0) is 4.74 Å². The van der Waals surface area contributed by atoms with Gasteiger partial charge < -0.3 is 29.6 Å². The molecule has 0 saturated carbocycles. The van der Waals surface area contributed by atoms with E-state index < -0.39 is 24.5 Å². The van der Waals surface area contributed by atoms with Crippen LogP contribution in [0.15, 0.2) is 67.1 Å². The van der Waals surface area contributed by atoms with Crippen molar-refractivity contribution in [1.82, 2.24) is 14.5 Å². The first-order chi connectivity index (χ1) is 15.6. The fraction of sp³-hybridized carbons (Fsp3) is 0.250. The number of ether oxygens (including phenoxy) is 2. The maximum Gasteiger partial charge on any atom is 0.164 e. The van der Waals surface area contributed by atoms with Gasteiger partial charge in [-0.15, -0.1) is 0 Å². The second kappa shape index (κ2) is 8.23. The zero-order chi connectivity index (χ0) is 22.2. The zero-order valence-electron chi connectivity index (χ0n) is 17.7. The van der Waals surface area contributed by atoms with Crippen LogP contribution in [0.4, 0.5) is 11.5 Å². The van der Waals surface area contributed by atoms with Crippen molar-refractivity contribution in [2.24, 2.45) is 0 Å². The first kappa shape index (κ1) is 20.4. The molecule has 0 amide bonds. The molecule has 5 rings (SSSR count). The first-order valence-electron chi connectivity index (χ1n) is 10.4. The lowest BCUT2D eigenvalue weighted by Gasteiger charge is -2.17. The Hall–Kier alpha value is -3.46. The summed E-state index contributed by atoms with van der Waals surface area (Å²) in [6, 6.07) is 17.5. The molecule has 1 fully saturated rings. The summed E-state index contributed by atoms with van der Waals surface area (Å²) in [6.45, 7) is 1.74. The lowest BCUT2D eigenvalue weighted by Crippen LogP contribution is -2.30. The molecule has 1 saturated heterocycles. The van der Waals surface area contributed by atoms with E-state index in [0.29, 0.717) is 11.5 Å². The summed E-state index contributed by atoms with van der Waals surface area (Å²) >= 11 is 0. The number of aromatic nitrogens is 3. The van der Waals surface area contributed by atoms with E-state index in [9.17, 15) is 10.2 Å². The Morgan fingerprint density at radius 2 is 1.84 bits per heavy atom. The Bertz CT molecular complexity index is 1240. The molecule has 164 valence electrons. The largest absolute Gasteiger partial charge is 0.497 e. The van der Waals surface area contributed by atoms with E-state index in [2.05, 4.69) is 15.3 Å². The minimum Gasteiger partial charge on any atom is -0.497 e. The number of benzene rings is 2. The SMILES string of the molecule is COc1cccc(Nc2ncnc3c2c(-c2ccccc2)cn3[C@@H]2O[C@H](C)[C@@H](O)[C@H]2O)c1. The van der Waals surface area contributed by atoms with E-state index >= 15 is 0 Å². The van der Waals surface area contributed by atoms with Crippen molar-refractivity contribution in [3.8, 4) is 16.9 Å². The van der Waals surface area contributed by atoms with Crippen molar-refractivity contribution in [3.05, 3.63) is 67.1 Å². The molecule has 3 N–H and O–H groups in total. The Morgan fingerprint density at radius 1 is 1.03 bits per heavy atom. The van der Waals surface area contributed by atoms with Gasteiger partial charge in [-0.05, 0) is 24.6 Å². The molecule has 32 heavy (non-hydrogen) atoms. The van der Waals surface area contributed by atoms with Crippen LogP contribution in [-0.4, -0.2) is 50.2 Å². The van der Waals surface area contributed by atoms with Gasteiger partial charge in [0.15, 0.2) is 6.23 Å². The molecule has 8 heteroatoms. The molecule has 8 nitrogen and oxygen atoms in total. The fourth-order valence-corrected chi connectivity index (χ4v) is 4.11. The van der Waals surface area contributed by atoms with Crippen LogP contribution in [0.25, 0.3) is 22.2 Å². The molecule has 3 heterocycles. The number of aliphatic hydroxyl groups excluding tert-OH is 2. The molecule has 2 aromatic carbocycles. The number of hydrogen-bond acceptors (Lipinski definition) is 7. The molecular weight excluding hydrogens is 408 g/mol. The Morgan fingerprint density at radius 3 is 2.56 bits per heavy atom. The quantitative estimate of drug-likeness (QED) is 0.444. The molecule has 0 aliphatic carbocycles. The van der Waals surface area contributed by atoms with Crippen LogP contribution < -0.4 is 10.1 Å². The molecule has 4 atom stereocenters. The summed E-state index contributed by atoms with van der Waals surface area (Å²) in [5.74, 6) is 1.34. The van der Waals surface area contributed by atoms with Gasteiger partial charge in [0.05, 0.1) is 18.6 Å². The number of hydrogen-bond donors (Lipinski definition) is 3. The number of nitrogens with one attached hydrogen (secondary N) is 1. The molecule has 0 spiro atoms. The topological polar surface area (TPSA) is 102 Å². The number of nitrogens with zero attached hydrogens (tertiary/aromatic N) is 3. The van der Waals surface area contributed by atoms with Gasteiger partial charge in [0.2, 0.25) is 0 Å². The lowest BCUT2D eigenvalue weighted by molar-refractivity contribution is -0.0295. The predicted octanol–water partition coefficient (Wildman–Crippen LogP) is 3.49. The second-order valence-corrected chi connectivity index (χ2v) is 7.81. The average molecular weight is 432 g/mol. The molecule has 0 unspecified atom stereocenters. The van der Waals surface area contributed by atoms with Gasteiger partial charge in [0, 0.05) is 23.5 Å². The predicted molar refractivity (Wildman–Crippen MR) is 121 cm³/mol. The summed E-state index contributed by atoms with van der Waals surface area (Å²) in [7, 11) is 1.62. The summed E-state index contributed by atoms with van der Waals surface area (Å²) in [6.07, 6.45) is 0.0488. The highest BCUT2D eigenvalue weighted by molar-refractivity contribution is 6.02. The van der Waals surface area contributed by atoms with E-state index in [4.69, 9.17) is 9.47 Å². The van der Waals surface area contributed by atoms with Crippen molar-refractivity contribution in [1.29, 1.82) is 0 Å². The third-order valence-electron chi connectivity index (χ3n) is 5.78. The monoisotopic (exact) mass is 432 g/mol. The van der Waals surface area contributed by atoms with Crippen LogP contribution >= 0.6 is 0 Å².